The van der Waals surface area contributed by atoms with Gasteiger partial charge >= 0.3 is 0 Å². The number of amides is 1. The predicted molar refractivity (Wildman–Crippen MR) is 114 cm³/mol. The maximum Gasteiger partial charge on any atom is 0.284 e. The van der Waals surface area contributed by atoms with Gasteiger partial charge in [-0.3, -0.25) is 4.79 Å². The number of benzene rings is 2. The Labute approximate surface area is 169 Å². The van der Waals surface area contributed by atoms with Crippen LogP contribution in [0.2, 0.25) is 0 Å². The van der Waals surface area contributed by atoms with Crippen molar-refractivity contribution in [3.63, 3.8) is 0 Å². The minimum Gasteiger partial charge on any atom is -0.324 e. The standard InChI is InChI=1S/C23H25N3OS/c1-16(23(27)26-14-12-17-7-2-4-10-20(17)26)25-13-6-8-18(15-25)22-24-19-9-3-5-11-21(19)28-22/h2-5,7,9-11,16,18H,6,8,12-15H2,1H3/p+1/t16-,18+/m1/s1. The lowest BCUT2D eigenvalue weighted by Crippen LogP contribution is -3.18. The zero-order valence-corrected chi connectivity index (χ0v) is 17.0. The number of thiazole rings is 1. The number of hydrogen-bond donors (Lipinski definition) is 1. The molecule has 1 N–H and O–H groups in total. The van der Waals surface area contributed by atoms with Gasteiger partial charge in [-0.05, 0) is 49.9 Å². The third-order valence-corrected chi connectivity index (χ3v) is 7.55. The summed E-state index contributed by atoms with van der Waals surface area (Å²) in [7, 11) is 0. The molecule has 1 aromatic heterocycles. The maximum atomic E-state index is 13.3. The van der Waals surface area contributed by atoms with Crippen LogP contribution in [-0.4, -0.2) is 36.6 Å². The Kier molecular flexibility index (Phi) is 4.65. The van der Waals surface area contributed by atoms with Crippen LogP contribution in [0.4, 0.5) is 5.69 Å². The van der Waals surface area contributed by atoms with Crippen LogP contribution < -0.4 is 9.80 Å². The van der Waals surface area contributed by atoms with E-state index in [9.17, 15) is 4.79 Å². The first-order chi connectivity index (χ1) is 13.7. The molecule has 0 spiro atoms. The minimum absolute atomic E-state index is 0.0108. The summed E-state index contributed by atoms with van der Waals surface area (Å²) >= 11 is 1.82. The Morgan fingerprint density at radius 2 is 2.04 bits per heavy atom. The number of hydrogen-bond acceptors (Lipinski definition) is 3. The molecule has 4 nitrogen and oxygen atoms in total. The smallest absolute Gasteiger partial charge is 0.284 e. The van der Waals surface area contributed by atoms with Gasteiger partial charge in [-0.25, -0.2) is 4.98 Å². The number of piperidine rings is 1. The van der Waals surface area contributed by atoms with Crippen molar-refractivity contribution in [3.05, 3.63) is 59.1 Å². The first kappa shape index (κ1) is 17.8. The summed E-state index contributed by atoms with van der Waals surface area (Å²) in [6.45, 7) is 5.00. The average Bonchev–Trinajstić information content (AvgIpc) is 3.37. The molecule has 1 amide bonds. The molecule has 2 aromatic carbocycles. The van der Waals surface area contributed by atoms with Gasteiger partial charge in [0.05, 0.1) is 29.2 Å². The van der Waals surface area contributed by atoms with Gasteiger partial charge in [-0.15, -0.1) is 11.3 Å². The molecule has 1 unspecified atom stereocenters. The number of nitrogens with zero attached hydrogens (tertiary/aromatic N) is 2. The van der Waals surface area contributed by atoms with Crippen LogP contribution in [0.3, 0.4) is 0 Å². The number of aromatic nitrogens is 1. The number of anilines is 1. The minimum atomic E-state index is -0.0108. The molecule has 1 fully saturated rings. The van der Waals surface area contributed by atoms with Crippen LogP contribution in [0.15, 0.2) is 48.5 Å². The maximum absolute atomic E-state index is 13.3. The first-order valence-electron chi connectivity index (χ1n) is 10.3. The molecule has 3 atom stereocenters. The van der Waals surface area contributed by atoms with Gasteiger partial charge in [-0.1, -0.05) is 30.3 Å². The number of para-hydroxylation sites is 2. The summed E-state index contributed by atoms with van der Waals surface area (Å²) in [4.78, 5) is 21.6. The van der Waals surface area contributed by atoms with E-state index in [0.717, 1.165) is 43.7 Å². The van der Waals surface area contributed by atoms with Crippen LogP contribution in [0.5, 0.6) is 0 Å². The van der Waals surface area contributed by atoms with Crippen molar-refractivity contribution in [2.45, 2.75) is 38.1 Å². The van der Waals surface area contributed by atoms with E-state index in [1.807, 2.05) is 22.3 Å². The first-order valence-corrected chi connectivity index (χ1v) is 11.1. The molecule has 2 aliphatic rings. The normalized spacial score (nSPS) is 23.0. The fraction of sp³-hybridized carbons (Fsp3) is 0.391. The van der Waals surface area contributed by atoms with Gasteiger partial charge in [0.1, 0.15) is 5.01 Å². The molecule has 28 heavy (non-hydrogen) atoms. The lowest BCUT2D eigenvalue weighted by atomic mass is 9.97. The van der Waals surface area contributed by atoms with Crippen molar-refractivity contribution in [2.24, 2.45) is 0 Å². The fourth-order valence-corrected chi connectivity index (χ4v) is 5.84. The predicted octanol–water partition coefficient (Wildman–Crippen LogP) is 3.04. The van der Waals surface area contributed by atoms with Crippen molar-refractivity contribution >= 4 is 33.1 Å². The zero-order chi connectivity index (χ0) is 19.1. The number of fused-ring (bicyclic) bond motifs is 2. The van der Waals surface area contributed by atoms with Crippen LogP contribution in [0.1, 0.15) is 36.3 Å². The second-order valence-corrected chi connectivity index (χ2v) is 9.12. The van der Waals surface area contributed by atoms with Crippen LogP contribution in [0.25, 0.3) is 10.2 Å². The SMILES string of the molecule is C[C@H](C(=O)N1CCc2ccccc21)[NH+]1CCC[C@H](c2nc3ccccc3s2)C1. The van der Waals surface area contributed by atoms with Crippen molar-refractivity contribution in [1.29, 1.82) is 0 Å². The molecule has 1 saturated heterocycles. The quantitative estimate of drug-likeness (QED) is 0.744. The summed E-state index contributed by atoms with van der Waals surface area (Å²) in [5.41, 5.74) is 3.51. The molecule has 3 heterocycles. The molecule has 0 bridgehead atoms. The second-order valence-electron chi connectivity index (χ2n) is 8.06. The van der Waals surface area contributed by atoms with Crippen molar-refractivity contribution in [2.75, 3.05) is 24.5 Å². The Morgan fingerprint density at radius 3 is 2.93 bits per heavy atom. The molecule has 5 rings (SSSR count). The average molecular weight is 393 g/mol. The van der Waals surface area contributed by atoms with Gasteiger partial charge in [0.15, 0.2) is 6.04 Å². The molecule has 144 valence electrons. The number of rotatable bonds is 3. The second kappa shape index (κ2) is 7.30. The highest BCUT2D eigenvalue weighted by atomic mass is 32.1. The molecule has 3 aromatic rings. The molecule has 0 saturated carbocycles. The highest BCUT2D eigenvalue weighted by molar-refractivity contribution is 7.18. The molecular weight excluding hydrogens is 366 g/mol. The van der Waals surface area contributed by atoms with E-state index in [1.54, 1.807) is 0 Å². The van der Waals surface area contributed by atoms with Gasteiger partial charge in [0.25, 0.3) is 5.91 Å². The number of carbonyl (C=O) groups is 1. The van der Waals surface area contributed by atoms with Gasteiger partial charge in [-0.2, -0.15) is 0 Å². The lowest BCUT2D eigenvalue weighted by Gasteiger charge is -2.34. The fourth-order valence-electron chi connectivity index (χ4n) is 4.74. The van der Waals surface area contributed by atoms with Crippen LogP contribution in [-0.2, 0) is 11.2 Å². The van der Waals surface area contributed by atoms with Gasteiger partial charge < -0.3 is 9.80 Å². The molecular formula is C23H26N3OS+. The number of carbonyl (C=O) groups excluding carboxylic acids is 1. The van der Waals surface area contributed by atoms with Crippen molar-refractivity contribution < 1.29 is 9.69 Å². The summed E-state index contributed by atoms with van der Waals surface area (Å²) < 4.78 is 1.27. The summed E-state index contributed by atoms with van der Waals surface area (Å²) in [6.07, 6.45) is 3.30. The van der Waals surface area contributed by atoms with E-state index in [2.05, 4.69) is 49.4 Å². The van der Waals surface area contributed by atoms with E-state index in [-0.39, 0.29) is 11.9 Å². The third kappa shape index (κ3) is 3.12. The highest BCUT2D eigenvalue weighted by Gasteiger charge is 2.37. The molecule has 5 heteroatoms. The number of nitrogens with one attached hydrogen (secondary N) is 1. The number of quaternary nitrogens is 1. The Bertz CT molecular complexity index is 981. The Hall–Kier alpha value is -2.24. The highest BCUT2D eigenvalue weighted by Crippen LogP contribution is 2.31. The van der Waals surface area contributed by atoms with Crippen molar-refractivity contribution in [3.8, 4) is 0 Å². The summed E-state index contributed by atoms with van der Waals surface area (Å²) in [6, 6.07) is 16.7. The third-order valence-electron chi connectivity index (χ3n) is 6.35. The monoisotopic (exact) mass is 392 g/mol. The van der Waals surface area contributed by atoms with E-state index in [4.69, 9.17) is 4.98 Å². The zero-order valence-electron chi connectivity index (χ0n) is 16.2. The molecule has 0 radical (unpaired) electrons. The van der Waals surface area contributed by atoms with Gasteiger partial charge in [0, 0.05) is 12.2 Å². The largest absolute Gasteiger partial charge is 0.324 e. The van der Waals surface area contributed by atoms with E-state index < -0.39 is 0 Å². The van der Waals surface area contributed by atoms with Crippen molar-refractivity contribution in [1.82, 2.24) is 4.98 Å². The van der Waals surface area contributed by atoms with E-state index >= 15 is 0 Å². The Balaban J connectivity index is 1.32. The summed E-state index contributed by atoms with van der Waals surface area (Å²) in [5, 5.41) is 1.24. The van der Waals surface area contributed by atoms with Crippen LogP contribution in [0, 0.1) is 0 Å². The van der Waals surface area contributed by atoms with Gasteiger partial charge in [0.2, 0.25) is 0 Å². The van der Waals surface area contributed by atoms with E-state index in [0.29, 0.717) is 5.92 Å². The summed E-state index contributed by atoms with van der Waals surface area (Å²) in [5.74, 6) is 0.729. The molecule has 0 aliphatic carbocycles. The molecule has 2 aliphatic heterocycles. The lowest BCUT2D eigenvalue weighted by molar-refractivity contribution is -0.920. The number of likely N-dealkylation sites (tertiary alicyclic amines) is 1. The Morgan fingerprint density at radius 1 is 1.21 bits per heavy atom. The topological polar surface area (TPSA) is 37.6 Å². The van der Waals surface area contributed by atoms with Crippen LogP contribution >= 0.6 is 11.3 Å². The van der Waals surface area contributed by atoms with E-state index in [1.165, 1.54) is 26.6 Å².